The smallest absolute Gasteiger partial charge is 0.295 e. The molecule has 3 aromatic rings. The molecule has 8 heteroatoms. The zero-order chi connectivity index (χ0) is 23.7. The maximum atomic E-state index is 13.2. The number of aliphatic hydroxyl groups is 1. The second-order valence-electron chi connectivity index (χ2n) is 7.67. The SMILES string of the molecule is COc1ccc(/C(O)=C2/C(=O)C(=O)N(CCc3ccc(F)cc3)C2c2ccc(C)o2)cc1Br. The second-order valence-corrected chi connectivity index (χ2v) is 8.52. The molecule has 1 aliphatic heterocycles. The topological polar surface area (TPSA) is 80.0 Å². The van der Waals surface area contributed by atoms with Crippen LogP contribution in [0.3, 0.4) is 0 Å². The molecule has 1 atom stereocenters. The van der Waals surface area contributed by atoms with E-state index in [2.05, 4.69) is 15.9 Å². The third-order valence-electron chi connectivity index (χ3n) is 5.55. The van der Waals surface area contributed by atoms with Crippen molar-refractivity contribution in [2.75, 3.05) is 13.7 Å². The van der Waals surface area contributed by atoms with Crippen LogP contribution in [-0.2, 0) is 16.0 Å². The van der Waals surface area contributed by atoms with Gasteiger partial charge in [0.05, 0.1) is 17.2 Å². The predicted octanol–water partition coefficient (Wildman–Crippen LogP) is 5.16. The number of amides is 1. The number of Topliss-reactive ketones (excluding diaryl/α,β-unsaturated/α-hetero) is 1. The van der Waals surface area contributed by atoms with Gasteiger partial charge >= 0.3 is 0 Å². The first-order valence-corrected chi connectivity index (χ1v) is 11.0. The van der Waals surface area contributed by atoms with Crippen molar-refractivity contribution < 1.29 is 28.2 Å². The summed E-state index contributed by atoms with van der Waals surface area (Å²) in [5, 5.41) is 11.1. The number of ether oxygens (including phenoxy) is 1. The fourth-order valence-corrected chi connectivity index (χ4v) is 4.42. The normalized spacial score (nSPS) is 17.6. The van der Waals surface area contributed by atoms with E-state index < -0.39 is 17.7 Å². The van der Waals surface area contributed by atoms with Crippen LogP contribution in [0, 0.1) is 12.7 Å². The van der Waals surface area contributed by atoms with Gasteiger partial charge in [-0.25, -0.2) is 4.39 Å². The first-order valence-electron chi connectivity index (χ1n) is 10.2. The Morgan fingerprint density at radius 1 is 1.15 bits per heavy atom. The molecule has 2 heterocycles. The Labute approximate surface area is 198 Å². The van der Waals surface area contributed by atoms with E-state index in [1.165, 1.54) is 24.1 Å². The third-order valence-corrected chi connectivity index (χ3v) is 6.17. The van der Waals surface area contributed by atoms with Gasteiger partial charge in [0.25, 0.3) is 11.7 Å². The van der Waals surface area contributed by atoms with Crippen LogP contribution < -0.4 is 4.74 Å². The molecule has 1 amide bonds. The van der Waals surface area contributed by atoms with E-state index in [1.54, 1.807) is 49.4 Å². The van der Waals surface area contributed by atoms with E-state index in [0.29, 0.717) is 33.7 Å². The van der Waals surface area contributed by atoms with Gasteiger partial charge in [0.2, 0.25) is 0 Å². The second kappa shape index (κ2) is 9.23. The number of likely N-dealkylation sites (tertiary alicyclic amines) is 1. The fraction of sp³-hybridized carbons (Fsp3) is 0.200. The molecule has 1 saturated heterocycles. The number of nitrogens with zero attached hydrogens (tertiary/aromatic N) is 1. The minimum atomic E-state index is -0.889. The Balaban J connectivity index is 1.76. The van der Waals surface area contributed by atoms with Crippen LogP contribution in [-0.4, -0.2) is 35.4 Å². The summed E-state index contributed by atoms with van der Waals surface area (Å²) in [5.74, 6) is -0.635. The maximum absolute atomic E-state index is 13.2. The lowest BCUT2D eigenvalue weighted by Crippen LogP contribution is -2.31. The number of aryl methyl sites for hydroxylation is 1. The average Bonchev–Trinajstić information content (AvgIpc) is 3.34. The fourth-order valence-electron chi connectivity index (χ4n) is 3.88. The quantitative estimate of drug-likeness (QED) is 0.279. The van der Waals surface area contributed by atoms with Crippen molar-refractivity contribution in [2.24, 2.45) is 0 Å². The molecule has 1 aliphatic rings. The number of hydrogen-bond acceptors (Lipinski definition) is 5. The van der Waals surface area contributed by atoms with Crippen molar-refractivity contribution in [3.8, 4) is 5.75 Å². The first kappa shape index (κ1) is 22.8. The highest BCUT2D eigenvalue weighted by Crippen LogP contribution is 2.41. The molecule has 1 N–H and O–H groups in total. The van der Waals surface area contributed by atoms with Gasteiger partial charge in [0.1, 0.15) is 34.9 Å². The van der Waals surface area contributed by atoms with Crippen LogP contribution >= 0.6 is 15.9 Å². The molecule has 1 unspecified atom stereocenters. The number of aliphatic hydroxyl groups excluding tert-OH is 1. The largest absolute Gasteiger partial charge is 0.507 e. The number of halogens is 2. The summed E-state index contributed by atoms with van der Waals surface area (Å²) in [6.07, 6.45) is 0.400. The molecule has 33 heavy (non-hydrogen) atoms. The summed E-state index contributed by atoms with van der Waals surface area (Å²) in [6.45, 7) is 1.94. The molecule has 0 aliphatic carbocycles. The minimum absolute atomic E-state index is 0.0504. The van der Waals surface area contributed by atoms with Crippen LogP contribution in [0.15, 0.2) is 69.1 Å². The molecule has 1 aromatic heterocycles. The summed E-state index contributed by atoms with van der Waals surface area (Å²) in [6, 6.07) is 13.4. The van der Waals surface area contributed by atoms with Crippen molar-refractivity contribution in [1.82, 2.24) is 4.90 Å². The summed E-state index contributed by atoms with van der Waals surface area (Å²) in [7, 11) is 1.52. The van der Waals surface area contributed by atoms with Gasteiger partial charge in [-0.05, 0) is 77.3 Å². The van der Waals surface area contributed by atoms with Crippen molar-refractivity contribution in [3.63, 3.8) is 0 Å². The number of hydrogen-bond donors (Lipinski definition) is 1. The van der Waals surface area contributed by atoms with Gasteiger partial charge in [-0.15, -0.1) is 0 Å². The van der Waals surface area contributed by atoms with Crippen LogP contribution in [0.5, 0.6) is 5.75 Å². The number of benzene rings is 2. The Bertz CT molecular complexity index is 1250. The van der Waals surface area contributed by atoms with Crippen molar-refractivity contribution in [3.05, 3.63) is 93.1 Å². The van der Waals surface area contributed by atoms with Crippen molar-refractivity contribution in [2.45, 2.75) is 19.4 Å². The summed E-state index contributed by atoms with van der Waals surface area (Å²) in [4.78, 5) is 27.4. The van der Waals surface area contributed by atoms with Crippen LogP contribution in [0.2, 0.25) is 0 Å². The number of methoxy groups -OCH3 is 1. The molecular formula is C25H21BrFNO5. The number of ketones is 1. The first-order chi connectivity index (χ1) is 15.8. The van der Waals surface area contributed by atoms with Crippen molar-refractivity contribution >= 4 is 33.4 Å². The molecule has 0 radical (unpaired) electrons. The standard InChI is InChI=1S/C25H21BrFNO5/c1-14-3-9-20(33-14)22-21(23(29)16-6-10-19(32-2)18(26)13-16)24(30)25(31)28(22)12-11-15-4-7-17(27)8-5-15/h3-10,13,22,29H,11-12H2,1-2H3/b23-21-. The molecule has 0 bridgehead atoms. The Morgan fingerprint density at radius 3 is 2.48 bits per heavy atom. The lowest BCUT2D eigenvalue weighted by Gasteiger charge is -2.23. The maximum Gasteiger partial charge on any atom is 0.295 e. The summed E-state index contributed by atoms with van der Waals surface area (Å²) in [5.41, 5.74) is 1.12. The summed E-state index contributed by atoms with van der Waals surface area (Å²) >= 11 is 3.38. The Morgan fingerprint density at radius 2 is 1.88 bits per heavy atom. The molecule has 1 fully saturated rings. The van der Waals surface area contributed by atoms with E-state index in [0.717, 1.165) is 5.56 Å². The van der Waals surface area contributed by atoms with E-state index in [1.807, 2.05) is 0 Å². The number of carbonyl (C=O) groups is 2. The predicted molar refractivity (Wildman–Crippen MR) is 123 cm³/mol. The van der Waals surface area contributed by atoms with Gasteiger partial charge in [0, 0.05) is 12.1 Å². The molecule has 0 spiro atoms. The highest BCUT2D eigenvalue weighted by molar-refractivity contribution is 9.10. The number of furan rings is 1. The number of carbonyl (C=O) groups excluding carboxylic acids is 2. The number of rotatable bonds is 6. The molecular weight excluding hydrogens is 493 g/mol. The van der Waals surface area contributed by atoms with E-state index in [4.69, 9.17) is 9.15 Å². The van der Waals surface area contributed by atoms with Crippen LogP contribution in [0.1, 0.15) is 28.7 Å². The Kier molecular flexibility index (Phi) is 6.37. The minimum Gasteiger partial charge on any atom is -0.507 e. The highest BCUT2D eigenvalue weighted by Gasteiger charge is 2.47. The van der Waals surface area contributed by atoms with E-state index >= 15 is 0 Å². The average molecular weight is 514 g/mol. The highest BCUT2D eigenvalue weighted by atomic mass is 79.9. The van der Waals surface area contributed by atoms with Gasteiger partial charge in [-0.3, -0.25) is 9.59 Å². The molecule has 2 aromatic carbocycles. The van der Waals surface area contributed by atoms with Crippen LogP contribution in [0.4, 0.5) is 4.39 Å². The Hall–Kier alpha value is -3.39. The molecule has 0 saturated carbocycles. The van der Waals surface area contributed by atoms with Gasteiger partial charge in [0.15, 0.2) is 0 Å². The zero-order valence-electron chi connectivity index (χ0n) is 18.0. The van der Waals surface area contributed by atoms with E-state index in [9.17, 15) is 19.1 Å². The van der Waals surface area contributed by atoms with Gasteiger partial charge in [-0.2, -0.15) is 0 Å². The molecule has 4 rings (SSSR count). The molecule has 6 nitrogen and oxygen atoms in total. The van der Waals surface area contributed by atoms with Crippen molar-refractivity contribution in [1.29, 1.82) is 0 Å². The zero-order valence-corrected chi connectivity index (χ0v) is 19.6. The lowest BCUT2D eigenvalue weighted by atomic mass is 9.99. The van der Waals surface area contributed by atoms with Crippen LogP contribution in [0.25, 0.3) is 5.76 Å². The van der Waals surface area contributed by atoms with Gasteiger partial charge < -0.3 is 19.2 Å². The van der Waals surface area contributed by atoms with E-state index in [-0.39, 0.29) is 23.7 Å². The van der Waals surface area contributed by atoms with Gasteiger partial charge in [-0.1, -0.05) is 12.1 Å². The lowest BCUT2D eigenvalue weighted by molar-refractivity contribution is -0.140. The third kappa shape index (κ3) is 4.43. The molecule has 170 valence electrons. The summed E-state index contributed by atoms with van der Waals surface area (Å²) < 4.78 is 24.8. The monoisotopic (exact) mass is 513 g/mol.